The largest absolute Gasteiger partial charge is 0.503 e. The van der Waals surface area contributed by atoms with Gasteiger partial charge in [0.1, 0.15) is 0 Å². The summed E-state index contributed by atoms with van der Waals surface area (Å²) in [6, 6.07) is 10.1. The normalized spacial score (nSPS) is 18.4. The Morgan fingerprint density at radius 2 is 1.70 bits per heavy atom. The van der Waals surface area contributed by atoms with E-state index in [0.717, 1.165) is 50.5 Å². The molecule has 0 unspecified atom stereocenters. The second kappa shape index (κ2) is 7.87. The van der Waals surface area contributed by atoms with Crippen LogP contribution >= 0.6 is 0 Å². The molecule has 144 valence electrons. The van der Waals surface area contributed by atoms with Gasteiger partial charge in [-0.1, -0.05) is 30.7 Å². The summed E-state index contributed by atoms with van der Waals surface area (Å²) < 4.78 is 2.03. The Bertz CT molecular complexity index is 868. The van der Waals surface area contributed by atoms with Crippen molar-refractivity contribution in [2.24, 2.45) is 7.05 Å². The topological polar surface area (TPSA) is 48.7 Å². The number of pyridine rings is 1. The summed E-state index contributed by atoms with van der Waals surface area (Å²) in [5.41, 5.74) is 4.22. The summed E-state index contributed by atoms with van der Waals surface area (Å²) in [6.07, 6.45) is 4.77. The molecule has 5 nitrogen and oxygen atoms in total. The quantitative estimate of drug-likeness (QED) is 0.903. The molecule has 2 aromatic rings. The van der Waals surface area contributed by atoms with Crippen molar-refractivity contribution in [1.29, 1.82) is 0 Å². The molecule has 5 heteroatoms. The van der Waals surface area contributed by atoms with E-state index in [2.05, 4.69) is 34.1 Å². The fourth-order valence-corrected chi connectivity index (χ4v) is 4.37. The maximum Gasteiger partial charge on any atom is 0.223 e. The van der Waals surface area contributed by atoms with Gasteiger partial charge in [0.15, 0.2) is 5.75 Å². The second-order valence-electron chi connectivity index (χ2n) is 7.92. The van der Waals surface area contributed by atoms with Gasteiger partial charge in [-0.3, -0.25) is 14.6 Å². The van der Waals surface area contributed by atoms with Crippen molar-refractivity contribution in [2.45, 2.75) is 45.3 Å². The van der Waals surface area contributed by atoms with E-state index in [4.69, 9.17) is 0 Å². The van der Waals surface area contributed by atoms with E-state index in [-0.39, 0.29) is 11.2 Å². The van der Waals surface area contributed by atoms with Crippen LogP contribution in [-0.2, 0) is 33.1 Å². The first kappa shape index (κ1) is 18.3. The lowest BCUT2D eigenvalue weighted by Gasteiger charge is -2.31. The Morgan fingerprint density at radius 3 is 2.48 bits per heavy atom. The molecular formula is C22H29N3O2. The lowest BCUT2D eigenvalue weighted by Crippen LogP contribution is -2.34. The van der Waals surface area contributed by atoms with Crippen LogP contribution in [0.25, 0.3) is 0 Å². The van der Waals surface area contributed by atoms with E-state index >= 15 is 0 Å². The lowest BCUT2D eigenvalue weighted by molar-refractivity contribution is 0.212. The van der Waals surface area contributed by atoms with Crippen LogP contribution in [0.3, 0.4) is 0 Å². The van der Waals surface area contributed by atoms with Gasteiger partial charge < -0.3 is 9.67 Å². The molecule has 3 heterocycles. The van der Waals surface area contributed by atoms with Gasteiger partial charge >= 0.3 is 0 Å². The number of aromatic hydroxyl groups is 1. The molecule has 0 amide bonds. The standard InChI is InChI=1S/C22H29N3O2/c1-23-19(15-24-10-5-2-6-11-24)13-21(26)22(27)20(23)16-25-12-9-17-7-3-4-8-18(17)14-25/h3-4,7-8,13,27H,2,5-6,9-12,14-16H2,1H3. The summed E-state index contributed by atoms with van der Waals surface area (Å²) in [7, 11) is 1.98. The smallest absolute Gasteiger partial charge is 0.223 e. The molecule has 1 saturated heterocycles. The number of aromatic nitrogens is 1. The highest BCUT2D eigenvalue weighted by Crippen LogP contribution is 2.23. The average molecular weight is 367 g/mol. The number of benzene rings is 1. The van der Waals surface area contributed by atoms with E-state index in [1.54, 1.807) is 6.07 Å². The van der Waals surface area contributed by atoms with E-state index in [1.165, 1.54) is 30.4 Å². The minimum atomic E-state index is -0.257. The molecule has 0 spiro atoms. The molecule has 2 aliphatic heterocycles. The van der Waals surface area contributed by atoms with Gasteiger partial charge in [0.2, 0.25) is 5.43 Å². The van der Waals surface area contributed by atoms with Crippen LogP contribution in [-0.4, -0.2) is 39.1 Å². The zero-order chi connectivity index (χ0) is 18.8. The minimum Gasteiger partial charge on any atom is -0.503 e. The van der Waals surface area contributed by atoms with Crippen LogP contribution in [0, 0.1) is 0 Å². The van der Waals surface area contributed by atoms with Gasteiger partial charge in [0.05, 0.1) is 5.69 Å². The van der Waals surface area contributed by atoms with Gasteiger partial charge in [0.25, 0.3) is 0 Å². The average Bonchev–Trinajstić information content (AvgIpc) is 2.70. The van der Waals surface area contributed by atoms with Gasteiger partial charge in [-0.2, -0.15) is 0 Å². The first-order valence-corrected chi connectivity index (χ1v) is 10.0. The number of hydrogen-bond acceptors (Lipinski definition) is 4. The number of fused-ring (bicyclic) bond motifs is 1. The van der Waals surface area contributed by atoms with Gasteiger partial charge in [0, 0.05) is 45.0 Å². The number of piperidine rings is 1. The molecule has 4 rings (SSSR count). The Hall–Kier alpha value is -2.11. The predicted molar refractivity (Wildman–Crippen MR) is 107 cm³/mol. The van der Waals surface area contributed by atoms with Crippen LogP contribution in [0.4, 0.5) is 0 Å². The van der Waals surface area contributed by atoms with Gasteiger partial charge in [-0.05, 0) is 43.5 Å². The van der Waals surface area contributed by atoms with Crippen molar-refractivity contribution in [3.63, 3.8) is 0 Å². The summed E-state index contributed by atoms with van der Waals surface area (Å²) in [5.74, 6) is -0.0984. The highest BCUT2D eigenvalue weighted by atomic mass is 16.3. The zero-order valence-electron chi connectivity index (χ0n) is 16.2. The zero-order valence-corrected chi connectivity index (χ0v) is 16.2. The minimum absolute atomic E-state index is 0.0984. The molecule has 1 N–H and O–H groups in total. The van der Waals surface area contributed by atoms with E-state index in [1.807, 2.05) is 11.6 Å². The number of nitrogens with zero attached hydrogens (tertiary/aromatic N) is 3. The molecule has 1 fully saturated rings. The predicted octanol–water partition coefficient (Wildman–Crippen LogP) is 2.64. The lowest BCUT2D eigenvalue weighted by atomic mass is 10.00. The van der Waals surface area contributed by atoms with Crippen molar-refractivity contribution in [1.82, 2.24) is 14.4 Å². The number of rotatable bonds is 4. The third-order valence-corrected chi connectivity index (χ3v) is 6.06. The molecule has 0 atom stereocenters. The van der Waals surface area contributed by atoms with Crippen LogP contribution < -0.4 is 5.43 Å². The van der Waals surface area contributed by atoms with Gasteiger partial charge in [-0.15, -0.1) is 0 Å². The Labute approximate surface area is 160 Å². The van der Waals surface area contributed by atoms with Crippen molar-refractivity contribution < 1.29 is 5.11 Å². The molecule has 0 saturated carbocycles. The summed E-state index contributed by atoms with van der Waals surface area (Å²) in [5, 5.41) is 10.5. The molecule has 1 aromatic carbocycles. The summed E-state index contributed by atoms with van der Waals surface area (Å²) in [4.78, 5) is 17.1. The molecule has 0 aliphatic carbocycles. The molecule has 2 aliphatic rings. The highest BCUT2D eigenvalue weighted by molar-refractivity contribution is 5.32. The van der Waals surface area contributed by atoms with Crippen molar-refractivity contribution in [3.05, 3.63) is 63.1 Å². The molecule has 0 radical (unpaired) electrons. The maximum atomic E-state index is 12.4. The first-order chi connectivity index (χ1) is 13.1. The third kappa shape index (κ3) is 3.94. The van der Waals surface area contributed by atoms with Crippen LogP contribution in [0.1, 0.15) is 41.8 Å². The number of hydrogen-bond donors (Lipinski definition) is 1. The Kier molecular flexibility index (Phi) is 5.32. The van der Waals surface area contributed by atoms with E-state index < -0.39 is 0 Å². The maximum absolute atomic E-state index is 12.4. The van der Waals surface area contributed by atoms with Gasteiger partial charge in [-0.25, -0.2) is 0 Å². The van der Waals surface area contributed by atoms with Crippen molar-refractivity contribution >= 4 is 0 Å². The monoisotopic (exact) mass is 367 g/mol. The van der Waals surface area contributed by atoms with E-state index in [9.17, 15) is 9.90 Å². The van der Waals surface area contributed by atoms with Crippen molar-refractivity contribution in [2.75, 3.05) is 19.6 Å². The van der Waals surface area contributed by atoms with E-state index in [0.29, 0.717) is 6.54 Å². The summed E-state index contributed by atoms with van der Waals surface area (Å²) in [6.45, 7) is 5.36. The molecule has 0 bridgehead atoms. The SMILES string of the molecule is Cn1c(CN2CCCCC2)cc(=O)c(O)c1CN1CCc2ccccc2C1. The Morgan fingerprint density at radius 1 is 0.963 bits per heavy atom. The second-order valence-corrected chi connectivity index (χ2v) is 7.92. The van der Waals surface area contributed by atoms with Crippen LogP contribution in [0.5, 0.6) is 5.75 Å². The summed E-state index contributed by atoms with van der Waals surface area (Å²) >= 11 is 0. The fraction of sp³-hybridized carbons (Fsp3) is 0.500. The molecule has 1 aromatic heterocycles. The molecular weight excluding hydrogens is 338 g/mol. The van der Waals surface area contributed by atoms with Crippen LogP contribution in [0.15, 0.2) is 35.1 Å². The Balaban J connectivity index is 1.56. The highest BCUT2D eigenvalue weighted by Gasteiger charge is 2.21. The molecule has 27 heavy (non-hydrogen) atoms. The first-order valence-electron chi connectivity index (χ1n) is 10.0. The number of likely N-dealkylation sites (tertiary alicyclic amines) is 1. The van der Waals surface area contributed by atoms with Crippen molar-refractivity contribution in [3.8, 4) is 5.75 Å². The third-order valence-electron chi connectivity index (χ3n) is 6.06. The fourth-order valence-electron chi connectivity index (χ4n) is 4.37. The van der Waals surface area contributed by atoms with Crippen LogP contribution in [0.2, 0.25) is 0 Å².